The van der Waals surface area contributed by atoms with Crippen molar-refractivity contribution >= 4 is 40.0 Å². The maximum atomic E-state index is 13.1. The number of benzene rings is 3. The van der Waals surface area contributed by atoms with Gasteiger partial charge >= 0.3 is 0 Å². The summed E-state index contributed by atoms with van der Waals surface area (Å²) in [6, 6.07) is 22.1. The van der Waals surface area contributed by atoms with E-state index in [0.717, 1.165) is 16.3 Å². The maximum absolute atomic E-state index is 13.1. The largest absolute Gasteiger partial charge is 0.340 e. The van der Waals surface area contributed by atoms with Crippen LogP contribution < -0.4 is 10.6 Å². The van der Waals surface area contributed by atoms with Gasteiger partial charge in [0.05, 0.1) is 23.3 Å². The fraction of sp³-hybridized carbons (Fsp3) is 0.192. The standard InChI is InChI=1S/C26H25ClN4O2/c1-17(2)24(30-25(32)21-12-5-6-13-22(21)27)26(33)29-23-14-15-28-31(23)16-19-10-7-9-18-8-3-4-11-20(18)19/h3-15,17,24H,16H2,1-2H3,(H,29,33)(H,30,32). The third kappa shape index (κ3) is 5.07. The second-order valence-corrected chi connectivity index (χ2v) is 8.58. The topological polar surface area (TPSA) is 76.0 Å². The number of carbonyl (C=O) groups excluding carboxylic acids is 2. The predicted molar refractivity (Wildman–Crippen MR) is 131 cm³/mol. The van der Waals surface area contributed by atoms with Gasteiger partial charge in [-0.05, 0) is 34.4 Å². The van der Waals surface area contributed by atoms with Crippen LogP contribution in [0.1, 0.15) is 29.8 Å². The first-order valence-electron chi connectivity index (χ1n) is 10.8. The van der Waals surface area contributed by atoms with Crippen molar-refractivity contribution in [3.63, 3.8) is 0 Å². The highest BCUT2D eigenvalue weighted by molar-refractivity contribution is 6.33. The molecule has 1 unspecified atom stereocenters. The molecule has 7 heteroatoms. The van der Waals surface area contributed by atoms with Crippen LogP contribution in [0.5, 0.6) is 0 Å². The second-order valence-electron chi connectivity index (χ2n) is 8.18. The Bertz CT molecular complexity index is 1290. The van der Waals surface area contributed by atoms with Gasteiger partial charge in [0, 0.05) is 6.07 Å². The smallest absolute Gasteiger partial charge is 0.253 e. The van der Waals surface area contributed by atoms with Gasteiger partial charge in [0.15, 0.2) is 0 Å². The highest BCUT2D eigenvalue weighted by Crippen LogP contribution is 2.21. The molecule has 0 aliphatic heterocycles. The first-order chi connectivity index (χ1) is 15.9. The molecule has 3 aromatic carbocycles. The lowest BCUT2D eigenvalue weighted by atomic mass is 10.0. The van der Waals surface area contributed by atoms with Gasteiger partial charge in [-0.1, -0.05) is 80.0 Å². The average Bonchev–Trinajstić information content (AvgIpc) is 3.24. The van der Waals surface area contributed by atoms with Crippen molar-refractivity contribution in [1.82, 2.24) is 15.1 Å². The number of fused-ring (bicyclic) bond motifs is 1. The number of hydrogen-bond acceptors (Lipinski definition) is 3. The molecule has 6 nitrogen and oxygen atoms in total. The maximum Gasteiger partial charge on any atom is 0.253 e. The van der Waals surface area contributed by atoms with E-state index in [2.05, 4.69) is 40.0 Å². The molecule has 2 N–H and O–H groups in total. The number of halogens is 1. The molecule has 4 rings (SSSR count). The van der Waals surface area contributed by atoms with Gasteiger partial charge in [0.25, 0.3) is 5.91 Å². The molecule has 0 spiro atoms. The van der Waals surface area contributed by atoms with Crippen molar-refractivity contribution in [2.75, 3.05) is 5.32 Å². The molecule has 0 aliphatic rings. The van der Waals surface area contributed by atoms with Gasteiger partial charge in [-0.15, -0.1) is 0 Å². The first kappa shape index (κ1) is 22.6. The molecule has 2 amide bonds. The second kappa shape index (κ2) is 9.88. The van der Waals surface area contributed by atoms with Crippen LogP contribution in [0.2, 0.25) is 5.02 Å². The Kier molecular flexibility index (Phi) is 6.75. The minimum atomic E-state index is -0.741. The Morgan fingerprint density at radius 2 is 1.70 bits per heavy atom. The minimum absolute atomic E-state index is 0.133. The molecule has 168 valence electrons. The van der Waals surface area contributed by atoms with E-state index in [1.165, 1.54) is 0 Å². The number of hydrogen-bond donors (Lipinski definition) is 2. The Hall–Kier alpha value is -3.64. The van der Waals surface area contributed by atoms with E-state index in [9.17, 15) is 9.59 Å². The van der Waals surface area contributed by atoms with Crippen molar-refractivity contribution in [1.29, 1.82) is 0 Å². The Balaban J connectivity index is 1.51. The van der Waals surface area contributed by atoms with Crippen LogP contribution in [0.25, 0.3) is 10.8 Å². The molecular formula is C26H25ClN4O2. The lowest BCUT2D eigenvalue weighted by molar-refractivity contribution is -0.118. The molecular weight excluding hydrogens is 436 g/mol. The highest BCUT2D eigenvalue weighted by Gasteiger charge is 2.26. The number of nitrogens with one attached hydrogen (secondary N) is 2. The molecule has 1 heterocycles. The summed E-state index contributed by atoms with van der Waals surface area (Å²) < 4.78 is 1.74. The fourth-order valence-corrected chi connectivity index (χ4v) is 3.98. The predicted octanol–water partition coefficient (Wildman–Crippen LogP) is 5.13. The van der Waals surface area contributed by atoms with Crippen LogP contribution in [0.15, 0.2) is 79.0 Å². The fourth-order valence-electron chi connectivity index (χ4n) is 3.76. The molecule has 0 bridgehead atoms. The van der Waals surface area contributed by atoms with E-state index in [0.29, 0.717) is 22.9 Å². The summed E-state index contributed by atoms with van der Waals surface area (Å²) in [4.78, 5) is 25.8. The zero-order chi connectivity index (χ0) is 23.4. The monoisotopic (exact) mass is 460 g/mol. The Morgan fingerprint density at radius 1 is 0.970 bits per heavy atom. The molecule has 0 saturated carbocycles. The third-order valence-electron chi connectivity index (χ3n) is 5.52. The Morgan fingerprint density at radius 3 is 2.48 bits per heavy atom. The number of rotatable bonds is 7. The Labute approximate surface area is 197 Å². The van der Waals surface area contributed by atoms with Crippen molar-refractivity contribution in [3.8, 4) is 0 Å². The van der Waals surface area contributed by atoms with Gasteiger partial charge in [-0.3, -0.25) is 9.59 Å². The number of nitrogens with zero attached hydrogens (tertiary/aromatic N) is 2. The summed E-state index contributed by atoms with van der Waals surface area (Å²) in [7, 11) is 0. The lowest BCUT2D eigenvalue weighted by Gasteiger charge is -2.22. The van der Waals surface area contributed by atoms with Crippen LogP contribution >= 0.6 is 11.6 Å². The summed E-state index contributed by atoms with van der Waals surface area (Å²) in [5.74, 6) is -0.278. The summed E-state index contributed by atoms with van der Waals surface area (Å²) in [5, 5.41) is 12.8. The summed E-state index contributed by atoms with van der Waals surface area (Å²) in [6.45, 7) is 4.26. The van der Waals surface area contributed by atoms with E-state index in [1.54, 1.807) is 41.2 Å². The number of amides is 2. The van der Waals surface area contributed by atoms with Crippen LogP contribution in [0, 0.1) is 5.92 Å². The summed E-state index contributed by atoms with van der Waals surface area (Å²) >= 11 is 6.14. The molecule has 0 saturated heterocycles. The van der Waals surface area contributed by atoms with Gasteiger partial charge in [-0.25, -0.2) is 4.68 Å². The number of aromatic nitrogens is 2. The van der Waals surface area contributed by atoms with Crippen LogP contribution in [-0.2, 0) is 11.3 Å². The van der Waals surface area contributed by atoms with Gasteiger partial charge in [-0.2, -0.15) is 5.10 Å². The molecule has 0 aliphatic carbocycles. The van der Waals surface area contributed by atoms with Crippen molar-refractivity contribution < 1.29 is 9.59 Å². The minimum Gasteiger partial charge on any atom is -0.340 e. The third-order valence-corrected chi connectivity index (χ3v) is 5.85. The van der Waals surface area contributed by atoms with Crippen molar-refractivity contribution in [2.24, 2.45) is 5.92 Å². The zero-order valence-corrected chi connectivity index (χ0v) is 19.2. The van der Waals surface area contributed by atoms with E-state index in [1.807, 2.05) is 32.0 Å². The van der Waals surface area contributed by atoms with Crippen molar-refractivity contribution in [3.05, 3.63) is 95.1 Å². The van der Waals surface area contributed by atoms with E-state index >= 15 is 0 Å². The number of carbonyl (C=O) groups is 2. The van der Waals surface area contributed by atoms with Crippen LogP contribution in [0.3, 0.4) is 0 Å². The molecule has 0 radical (unpaired) electrons. The molecule has 4 aromatic rings. The lowest BCUT2D eigenvalue weighted by Crippen LogP contribution is -2.47. The quantitative estimate of drug-likeness (QED) is 0.401. The molecule has 1 atom stereocenters. The first-order valence-corrected chi connectivity index (χ1v) is 11.2. The summed E-state index contributed by atoms with van der Waals surface area (Å²) in [6.07, 6.45) is 1.65. The highest BCUT2D eigenvalue weighted by atomic mass is 35.5. The van der Waals surface area contributed by atoms with Crippen LogP contribution in [-0.4, -0.2) is 27.6 Å². The molecule has 33 heavy (non-hydrogen) atoms. The number of anilines is 1. The molecule has 0 fully saturated rings. The van der Waals surface area contributed by atoms with E-state index in [-0.39, 0.29) is 11.8 Å². The van der Waals surface area contributed by atoms with Gasteiger partial charge in [0.2, 0.25) is 5.91 Å². The normalized spacial score (nSPS) is 12.0. The van der Waals surface area contributed by atoms with Gasteiger partial charge in [0.1, 0.15) is 11.9 Å². The van der Waals surface area contributed by atoms with Crippen LogP contribution in [0.4, 0.5) is 5.82 Å². The van der Waals surface area contributed by atoms with E-state index in [4.69, 9.17) is 11.6 Å². The summed E-state index contributed by atoms with van der Waals surface area (Å²) in [5.41, 5.74) is 1.43. The van der Waals surface area contributed by atoms with E-state index < -0.39 is 11.9 Å². The molecule has 1 aromatic heterocycles. The van der Waals surface area contributed by atoms with Gasteiger partial charge < -0.3 is 10.6 Å². The van der Waals surface area contributed by atoms with Crippen molar-refractivity contribution in [2.45, 2.75) is 26.4 Å². The SMILES string of the molecule is CC(C)C(NC(=O)c1ccccc1Cl)C(=O)Nc1ccnn1Cc1cccc2ccccc12. The zero-order valence-electron chi connectivity index (χ0n) is 18.5. The average molecular weight is 461 g/mol.